The highest BCUT2D eigenvalue weighted by atomic mass is 35.5. The molecule has 0 aliphatic heterocycles. The van der Waals surface area contributed by atoms with Crippen molar-refractivity contribution in [1.29, 1.82) is 0 Å². The third-order valence-corrected chi connectivity index (χ3v) is 4.58. The number of ether oxygens (including phenoxy) is 1. The van der Waals surface area contributed by atoms with Crippen molar-refractivity contribution in [2.75, 3.05) is 13.7 Å². The second-order valence-electron chi connectivity index (χ2n) is 6.23. The number of nitrogens with one attached hydrogen (secondary N) is 2. The van der Waals surface area contributed by atoms with E-state index in [0.29, 0.717) is 28.6 Å². The number of hydrogen-bond donors (Lipinski definition) is 2. The Morgan fingerprint density at radius 3 is 2.55 bits per heavy atom. The number of aromatic nitrogens is 2. The van der Waals surface area contributed by atoms with Crippen LogP contribution in [0.4, 0.5) is 0 Å². The van der Waals surface area contributed by atoms with Gasteiger partial charge in [-0.2, -0.15) is 0 Å². The SMILES string of the molecule is COc1cc(-n2cccc2)c(Cl)cc1C(=O)NCCC(=O)NCc1ccncc1. The summed E-state index contributed by atoms with van der Waals surface area (Å²) < 4.78 is 7.19. The zero-order valence-electron chi connectivity index (χ0n) is 15.9. The maximum Gasteiger partial charge on any atom is 0.255 e. The first-order chi connectivity index (χ1) is 14.1. The number of methoxy groups -OCH3 is 1. The third kappa shape index (κ3) is 5.36. The fourth-order valence-corrected chi connectivity index (χ4v) is 3.02. The predicted octanol–water partition coefficient (Wildman–Crippen LogP) is 2.97. The average Bonchev–Trinajstić information content (AvgIpc) is 3.27. The summed E-state index contributed by atoms with van der Waals surface area (Å²) in [5.41, 5.74) is 1.98. The number of carbonyl (C=O) groups excluding carboxylic acids is 2. The number of pyridine rings is 1. The molecule has 0 unspecified atom stereocenters. The van der Waals surface area contributed by atoms with Crippen LogP contribution in [0.2, 0.25) is 5.02 Å². The minimum atomic E-state index is -0.357. The van der Waals surface area contributed by atoms with Gasteiger partial charge in [0, 0.05) is 50.4 Å². The first kappa shape index (κ1) is 20.4. The van der Waals surface area contributed by atoms with Crippen LogP contribution in [0.5, 0.6) is 5.75 Å². The molecule has 0 fully saturated rings. The number of rotatable bonds is 8. The van der Waals surface area contributed by atoms with Crippen molar-refractivity contribution in [2.24, 2.45) is 0 Å². The molecule has 0 saturated carbocycles. The lowest BCUT2D eigenvalue weighted by Crippen LogP contribution is -2.30. The Balaban J connectivity index is 1.56. The maximum atomic E-state index is 12.5. The summed E-state index contributed by atoms with van der Waals surface area (Å²) in [5.74, 6) is -0.113. The summed E-state index contributed by atoms with van der Waals surface area (Å²) in [6, 6.07) is 10.7. The maximum absolute atomic E-state index is 12.5. The zero-order chi connectivity index (χ0) is 20.6. The van der Waals surface area contributed by atoms with Crippen LogP contribution >= 0.6 is 11.6 Å². The summed E-state index contributed by atoms with van der Waals surface area (Å²) in [4.78, 5) is 28.4. The van der Waals surface area contributed by atoms with Gasteiger partial charge < -0.3 is 19.9 Å². The Kier molecular flexibility index (Phi) is 6.86. The van der Waals surface area contributed by atoms with Gasteiger partial charge in [0.25, 0.3) is 5.91 Å². The van der Waals surface area contributed by atoms with Gasteiger partial charge in [-0.25, -0.2) is 0 Å². The number of nitrogens with zero attached hydrogens (tertiary/aromatic N) is 2. The van der Waals surface area contributed by atoms with Gasteiger partial charge in [0.2, 0.25) is 5.91 Å². The summed E-state index contributed by atoms with van der Waals surface area (Å²) in [6.45, 7) is 0.612. The third-order valence-electron chi connectivity index (χ3n) is 4.27. The first-order valence-corrected chi connectivity index (χ1v) is 9.41. The van der Waals surface area contributed by atoms with E-state index in [1.54, 1.807) is 24.5 Å². The normalized spacial score (nSPS) is 10.4. The molecule has 8 heteroatoms. The average molecular weight is 413 g/mol. The van der Waals surface area contributed by atoms with Crippen LogP contribution < -0.4 is 15.4 Å². The van der Waals surface area contributed by atoms with E-state index in [0.717, 1.165) is 5.56 Å². The molecular weight excluding hydrogens is 392 g/mol. The minimum Gasteiger partial charge on any atom is -0.496 e. The number of amides is 2. The van der Waals surface area contributed by atoms with Gasteiger partial charge in [0.1, 0.15) is 5.75 Å². The second-order valence-corrected chi connectivity index (χ2v) is 6.64. The fraction of sp³-hybridized carbons (Fsp3) is 0.190. The lowest BCUT2D eigenvalue weighted by atomic mass is 10.1. The van der Waals surface area contributed by atoms with Gasteiger partial charge in [0.15, 0.2) is 0 Å². The van der Waals surface area contributed by atoms with Crippen LogP contribution in [0, 0.1) is 0 Å². The van der Waals surface area contributed by atoms with Crippen LogP contribution in [0.1, 0.15) is 22.3 Å². The molecule has 0 aliphatic carbocycles. The van der Waals surface area contributed by atoms with Crippen LogP contribution in [0.3, 0.4) is 0 Å². The van der Waals surface area contributed by atoms with Crippen LogP contribution in [0.25, 0.3) is 5.69 Å². The molecule has 2 N–H and O–H groups in total. The molecule has 0 spiro atoms. The molecule has 0 aliphatic rings. The first-order valence-electron chi connectivity index (χ1n) is 9.03. The number of halogens is 1. The fourth-order valence-electron chi connectivity index (χ4n) is 2.76. The van der Waals surface area contributed by atoms with Crippen molar-refractivity contribution in [3.63, 3.8) is 0 Å². The van der Waals surface area contributed by atoms with E-state index in [-0.39, 0.29) is 24.8 Å². The predicted molar refractivity (Wildman–Crippen MR) is 110 cm³/mol. The van der Waals surface area contributed by atoms with Gasteiger partial charge in [-0.05, 0) is 35.9 Å². The Labute approximate surface area is 173 Å². The molecule has 3 rings (SSSR count). The molecule has 2 aromatic heterocycles. The van der Waals surface area contributed by atoms with Gasteiger partial charge in [0.05, 0.1) is 23.4 Å². The second kappa shape index (κ2) is 9.75. The lowest BCUT2D eigenvalue weighted by molar-refractivity contribution is -0.121. The molecule has 0 bridgehead atoms. The largest absolute Gasteiger partial charge is 0.496 e. The van der Waals surface area contributed by atoms with E-state index >= 15 is 0 Å². The minimum absolute atomic E-state index is 0.157. The highest BCUT2D eigenvalue weighted by molar-refractivity contribution is 6.33. The highest BCUT2D eigenvalue weighted by Gasteiger charge is 2.16. The van der Waals surface area contributed by atoms with Gasteiger partial charge >= 0.3 is 0 Å². The van der Waals surface area contributed by atoms with Crippen molar-refractivity contribution in [3.05, 3.63) is 77.3 Å². The number of benzene rings is 1. The smallest absolute Gasteiger partial charge is 0.255 e. The Bertz CT molecular complexity index is 975. The lowest BCUT2D eigenvalue weighted by Gasteiger charge is -2.13. The number of hydrogen-bond acceptors (Lipinski definition) is 4. The Morgan fingerprint density at radius 1 is 1.14 bits per heavy atom. The highest BCUT2D eigenvalue weighted by Crippen LogP contribution is 2.29. The molecular formula is C21H21ClN4O3. The molecule has 0 atom stereocenters. The van der Waals surface area contributed by atoms with Crippen LogP contribution in [0.15, 0.2) is 61.2 Å². The quantitative estimate of drug-likeness (QED) is 0.595. The standard InChI is InChI=1S/C21H21ClN4O3/c1-29-19-13-18(26-10-2-3-11-26)17(22)12-16(19)21(28)24-9-6-20(27)25-14-15-4-7-23-8-5-15/h2-5,7-8,10-13H,6,9,14H2,1H3,(H,24,28)(H,25,27). The van der Waals surface area contributed by atoms with E-state index < -0.39 is 0 Å². The zero-order valence-corrected chi connectivity index (χ0v) is 16.6. The molecule has 0 saturated heterocycles. The molecule has 2 heterocycles. The molecule has 1 aromatic carbocycles. The van der Waals surface area contributed by atoms with Gasteiger partial charge in [-0.1, -0.05) is 11.6 Å². The molecule has 0 radical (unpaired) electrons. The monoisotopic (exact) mass is 412 g/mol. The molecule has 7 nitrogen and oxygen atoms in total. The summed E-state index contributed by atoms with van der Waals surface area (Å²) in [7, 11) is 1.49. The topological polar surface area (TPSA) is 85.2 Å². The van der Waals surface area contributed by atoms with E-state index in [2.05, 4.69) is 15.6 Å². The molecule has 29 heavy (non-hydrogen) atoms. The van der Waals surface area contributed by atoms with E-state index in [1.807, 2.05) is 41.2 Å². The summed E-state index contributed by atoms with van der Waals surface area (Å²) >= 11 is 6.35. The Hall–Kier alpha value is -3.32. The van der Waals surface area contributed by atoms with E-state index in [9.17, 15) is 9.59 Å². The molecule has 2 amide bonds. The van der Waals surface area contributed by atoms with Crippen molar-refractivity contribution >= 4 is 23.4 Å². The van der Waals surface area contributed by atoms with E-state index in [4.69, 9.17) is 16.3 Å². The van der Waals surface area contributed by atoms with Crippen LogP contribution in [-0.4, -0.2) is 35.0 Å². The summed E-state index contributed by atoms with van der Waals surface area (Å²) in [5, 5.41) is 5.95. The van der Waals surface area contributed by atoms with Crippen molar-refractivity contribution in [1.82, 2.24) is 20.2 Å². The van der Waals surface area contributed by atoms with Crippen molar-refractivity contribution in [3.8, 4) is 11.4 Å². The number of carbonyl (C=O) groups is 2. The van der Waals surface area contributed by atoms with Crippen LogP contribution in [-0.2, 0) is 11.3 Å². The van der Waals surface area contributed by atoms with Crippen molar-refractivity contribution in [2.45, 2.75) is 13.0 Å². The van der Waals surface area contributed by atoms with E-state index in [1.165, 1.54) is 7.11 Å². The van der Waals surface area contributed by atoms with Gasteiger partial charge in [-0.15, -0.1) is 0 Å². The van der Waals surface area contributed by atoms with Crippen molar-refractivity contribution < 1.29 is 14.3 Å². The molecule has 150 valence electrons. The Morgan fingerprint density at radius 2 is 1.86 bits per heavy atom. The molecule has 3 aromatic rings. The van der Waals surface area contributed by atoms with Gasteiger partial charge in [-0.3, -0.25) is 14.6 Å². The summed E-state index contributed by atoms with van der Waals surface area (Å²) in [6.07, 6.45) is 7.20.